The lowest BCUT2D eigenvalue weighted by Gasteiger charge is -2.07. The molecule has 106 valence electrons. The number of hydrogen-bond acceptors (Lipinski definition) is 3. The Morgan fingerprint density at radius 1 is 1.30 bits per heavy atom. The average Bonchev–Trinajstić information content (AvgIpc) is 2.46. The van der Waals surface area contributed by atoms with E-state index >= 15 is 0 Å². The van der Waals surface area contributed by atoms with Crippen molar-refractivity contribution in [1.29, 1.82) is 0 Å². The molecule has 0 saturated carbocycles. The number of amides is 1. The fraction of sp³-hybridized carbons (Fsp3) is 0.188. The third-order valence-corrected chi connectivity index (χ3v) is 2.48. The van der Waals surface area contributed by atoms with Crippen molar-refractivity contribution in [1.82, 2.24) is 5.32 Å². The van der Waals surface area contributed by atoms with Gasteiger partial charge in [0.05, 0.1) is 7.11 Å². The highest BCUT2D eigenvalue weighted by Gasteiger charge is 2.03. The summed E-state index contributed by atoms with van der Waals surface area (Å²) in [6.45, 7) is 2.30. The van der Waals surface area contributed by atoms with Gasteiger partial charge < -0.3 is 15.2 Å². The van der Waals surface area contributed by atoms with E-state index in [1.165, 1.54) is 19.3 Å². The normalized spacial score (nSPS) is 11.5. The van der Waals surface area contributed by atoms with Crippen molar-refractivity contribution < 1.29 is 14.6 Å². The van der Waals surface area contributed by atoms with Gasteiger partial charge in [0.25, 0.3) is 0 Å². The Labute approximate surface area is 119 Å². The summed E-state index contributed by atoms with van der Waals surface area (Å²) in [5, 5.41) is 12.2. The van der Waals surface area contributed by atoms with Crippen molar-refractivity contribution in [3.05, 3.63) is 60.2 Å². The van der Waals surface area contributed by atoms with Gasteiger partial charge in [-0.25, -0.2) is 0 Å². The van der Waals surface area contributed by atoms with Crippen LogP contribution in [-0.2, 0) is 11.3 Å². The van der Waals surface area contributed by atoms with Crippen molar-refractivity contribution in [2.75, 3.05) is 7.11 Å². The van der Waals surface area contributed by atoms with Gasteiger partial charge in [-0.1, -0.05) is 36.4 Å². The van der Waals surface area contributed by atoms with Gasteiger partial charge in [-0.05, 0) is 24.6 Å². The molecule has 20 heavy (non-hydrogen) atoms. The van der Waals surface area contributed by atoms with Crippen LogP contribution in [0.3, 0.4) is 0 Å². The molecule has 4 heteroatoms. The molecule has 0 fully saturated rings. The van der Waals surface area contributed by atoms with Crippen molar-refractivity contribution in [2.45, 2.75) is 13.5 Å². The molecule has 4 nitrogen and oxygen atoms in total. The largest absolute Gasteiger partial charge is 0.504 e. The average molecular weight is 273 g/mol. The van der Waals surface area contributed by atoms with Gasteiger partial charge in [-0.15, -0.1) is 0 Å². The first kappa shape index (κ1) is 15.6. The van der Waals surface area contributed by atoms with Crippen LogP contribution in [0.2, 0.25) is 0 Å². The number of allylic oxidation sites excluding steroid dienone is 5. The fourth-order valence-electron chi connectivity index (χ4n) is 1.46. The second kappa shape index (κ2) is 8.58. The predicted octanol–water partition coefficient (Wildman–Crippen LogP) is 2.71. The van der Waals surface area contributed by atoms with E-state index in [9.17, 15) is 9.90 Å². The van der Waals surface area contributed by atoms with Crippen molar-refractivity contribution >= 4 is 5.91 Å². The van der Waals surface area contributed by atoms with Gasteiger partial charge in [0.1, 0.15) is 0 Å². The first-order chi connectivity index (χ1) is 9.67. The molecular formula is C16H19NO3. The lowest BCUT2D eigenvalue weighted by Crippen LogP contribution is -2.20. The summed E-state index contributed by atoms with van der Waals surface area (Å²) < 4.78 is 5.00. The van der Waals surface area contributed by atoms with Crippen LogP contribution >= 0.6 is 0 Å². The Morgan fingerprint density at radius 2 is 2.05 bits per heavy atom. The minimum absolute atomic E-state index is 0.0802. The van der Waals surface area contributed by atoms with Crippen molar-refractivity contribution in [2.24, 2.45) is 0 Å². The minimum Gasteiger partial charge on any atom is -0.504 e. The fourth-order valence-corrected chi connectivity index (χ4v) is 1.46. The topological polar surface area (TPSA) is 58.6 Å². The van der Waals surface area contributed by atoms with E-state index in [0.29, 0.717) is 12.3 Å². The number of carbonyl (C=O) groups is 1. The van der Waals surface area contributed by atoms with E-state index in [0.717, 1.165) is 5.56 Å². The van der Waals surface area contributed by atoms with Gasteiger partial charge in [-0.3, -0.25) is 4.79 Å². The van der Waals surface area contributed by atoms with E-state index in [1.807, 2.05) is 25.2 Å². The molecule has 0 unspecified atom stereocenters. The molecule has 0 bridgehead atoms. The molecule has 0 saturated heterocycles. The molecule has 1 aromatic rings. The number of carbonyl (C=O) groups excluding carboxylic acids is 1. The lowest BCUT2D eigenvalue weighted by atomic mass is 10.2. The van der Waals surface area contributed by atoms with Crippen LogP contribution in [0.15, 0.2) is 54.7 Å². The monoisotopic (exact) mass is 273 g/mol. The first-order valence-corrected chi connectivity index (χ1v) is 6.27. The molecule has 1 rings (SSSR count). The zero-order chi connectivity index (χ0) is 14.8. The highest BCUT2D eigenvalue weighted by Crippen LogP contribution is 2.25. The molecule has 0 aromatic heterocycles. The van der Waals surface area contributed by atoms with Crippen LogP contribution in [0.1, 0.15) is 12.5 Å². The minimum atomic E-state index is -0.179. The maximum Gasteiger partial charge on any atom is 0.244 e. The van der Waals surface area contributed by atoms with Gasteiger partial charge in [0, 0.05) is 12.6 Å². The highest BCUT2D eigenvalue weighted by molar-refractivity contribution is 5.87. The molecule has 0 radical (unpaired) electrons. The van der Waals surface area contributed by atoms with Crippen LogP contribution in [0.4, 0.5) is 0 Å². The van der Waals surface area contributed by atoms with E-state index in [4.69, 9.17) is 4.74 Å². The van der Waals surface area contributed by atoms with Crippen LogP contribution in [0, 0.1) is 0 Å². The molecule has 0 atom stereocenters. The SMILES string of the molecule is C/C=C/C=C/C=C/C(=O)NCc1ccc(O)c(OC)c1. The summed E-state index contributed by atoms with van der Waals surface area (Å²) >= 11 is 0. The zero-order valence-electron chi connectivity index (χ0n) is 11.7. The Kier molecular flexibility index (Phi) is 6.68. The Bertz CT molecular complexity index is 531. The van der Waals surface area contributed by atoms with Crippen LogP contribution in [0.25, 0.3) is 0 Å². The number of rotatable bonds is 6. The molecule has 0 aliphatic carbocycles. The second-order valence-electron chi connectivity index (χ2n) is 3.99. The van der Waals surface area contributed by atoms with Gasteiger partial charge >= 0.3 is 0 Å². The lowest BCUT2D eigenvalue weighted by molar-refractivity contribution is -0.116. The smallest absolute Gasteiger partial charge is 0.244 e. The Morgan fingerprint density at radius 3 is 2.75 bits per heavy atom. The molecule has 1 amide bonds. The van der Waals surface area contributed by atoms with Crippen LogP contribution < -0.4 is 10.1 Å². The quantitative estimate of drug-likeness (QED) is 0.619. The van der Waals surface area contributed by atoms with E-state index in [1.54, 1.807) is 24.3 Å². The van der Waals surface area contributed by atoms with Gasteiger partial charge in [-0.2, -0.15) is 0 Å². The molecule has 2 N–H and O–H groups in total. The number of benzene rings is 1. The van der Waals surface area contributed by atoms with Crippen molar-refractivity contribution in [3.8, 4) is 11.5 Å². The Hall–Kier alpha value is -2.49. The number of ether oxygens (including phenoxy) is 1. The number of aromatic hydroxyl groups is 1. The molecule has 0 aliphatic rings. The second-order valence-corrected chi connectivity index (χ2v) is 3.99. The molecular weight excluding hydrogens is 254 g/mol. The molecule has 1 aromatic carbocycles. The first-order valence-electron chi connectivity index (χ1n) is 6.27. The van der Waals surface area contributed by atoms with Crippen LogP contribution in [-0.4, -0.2) is 18.1 Å². The summed E-state index contributed by atoms with van der Waals surface area (Å²) in [4.78, 5) is 11.5. The summed E-state index contributed by atoms with van der Waals surface area (Å²) in [6, 6.07) is 4.95. The molecule has 0 aliphatic heterocycles. The predicted molar refractivity (Wildman–Crippen MR) is 79.6 cm³/mol. The number of phenols is 1. The maximum atomic E-state index is 11.5. The van der Waals surface area contributed by atoms with Crippen molar-refractivity contribution in [3.63, 3.8) is 0 Å². The number of phenolic OH excluding ortho intramolecular Hbond substituents is 1. The highest BCUT2D eigenvalue weighted by atomic mass is 16.5. The van der Waals surface area contributed by atoms with Gasteiger partial charge in [0.2, 0.25) is 5.91 Å². The third kappa shape index (κ3) is 5.44. The van der Waals surface area contributed by atoms with Crippen LogP contribution in [0.5, 0.6) is 11.5 Å². The summed E-state index contributed by atoms with van der Waals surface area (Å²) in [5.41, 5.74) is 0.853. The molecule has 0 heterocycles. The third-order valence-electron chi connectivity index (χ3n) is 2.48. The number of nitrogens with one attached hydrogen (secondary N) is 1. The summed E-state index contributed by atoms with van der Waals surface area (Å²) in [7, 11) is 1.48. The summed E-state index contributed by atoms with van der Waals surface area (Å²) in [5.74, 6) is 0.292. The zero-order valence-corrected chi connectivity index (χ0v) is 11.7. The standard InChI is InChI=1S/C16H19NO3/c1-3-4-5-6-7-8-16(19)17-12-13-9-10-14(18)15(11-13)20-2/h3-11,18H,12H2,1-2H3,(H,17,19)/b4-3+,6-5+,8-7+. The molecule has 0 spiro atoms. The maximum absolute atomic E-state index is 11.5. The van der Waals surface area contributed by atoms with E-state index in [-0.39, 0.29) is 11.7 Å². The Balaban J connectivity index is 2.48. The van der Waals surface area contributed by atoms with Gasteiger partial charge in [0.15, 0.2) is 11.5 Å². The number of hydrogen-bond donors (Lipinski definition) is 2. The summed E-state index contributed by atoms with van der Waals surface area (Å²) in [6.07, 6.45) is 10.5. The number of methoxy groups -OCH3 is 1. The van der Waals surface area contributed by atoms with E-state index in [2.05, 4.69) is 5.32 Å². The van der Waals surface area contributed by atoms with E-state index < -0.39 is 0 Å².